The number of piperazine rings is 1. The van der Waals surface area contributed by atoms with Gasteiger partial charge in [0, 0.05) is 44.8 Å². The maximum atomic E-state index is 12.3. The number of amides is 1. The molecule has 2 heterocycles. The van der Waals surface area contributed by atoms with Crippen molar-refractivity contribution < 1.29 is 13.2 Å². The molecule has 1 amide bonds. The average molecular weight is 403 g/mol. The molecule has 0 radical (unpaired) electrons. The molecule has 0 atom stereocenters. The molecule has 9 heteroatoms. The molecular formula is C17H27ClN4O3S. The number of rotatable bonds is 6. The van der Waals surface area contributed by atoms with E-state index in [-0.39, 0.29) is 24.1 Å². The van der Waals surface area contributed by atoms with Gasteiger partial charge in [-0.25, -0.2) is 8.42 Å². The van der Waals surface area contributed by atoms with Crippen LogP contribution in [0.2, 0.25) is 0 Å². The first kappa shape index (κ1) is 21.0. The molecule has 0 bridgehead atoms. The van der Waals surface area contributed by atoms with Crippen LogP contribution >= 0.6 is 12.4 Å². The maximum Gasteiger partial charge on any atom is 0.251 e. The van der Waals surface area contributed by atoms with E-state index >= 15 is 0 Å². The van der Waals surface area contributed by atoms with Crippen LogP contribution in [-0.2, 0) is 10.0 Å². The van der Waals surface area contributed by atoms with Crippen molar-refractivity contribution in [3.63, 3.8) is 0 Å². The molecule has 0 spiro atoms. The van der Waals surface area contributed by atoms with Crippen LogP contribution in [0.5, 0.6) is 0 Å². The van der Waals surface area contributed by atoms with Crippen molar-refractivity contribution in [3.05, 3.63) is 29.8 Å². The highest BCUT2D eigenvalue weighted by Crippen LogP contribution is 2.24. The summed E-state index contributed by atoms with van der Waals surface area (Å²) in [6.07, 6.45) is 1.54. The van der Waals surface area contributed by atoms with Gasteiger partial charge in [-0.05, 0) is 37.6 Å². The fourth-order valence-electron chi connectivity index (χ4n) is 3.27. The Morgan fingerprint density at radius 2 is 1.96 bits per heavy atom. The highest BCUT2D eigenvalue weighted by molar-refractivity contribution is 7.93. The maximum absolute atomic E-state index is 12.3. The van der Waals surface area contributed by atoms with Gasteiger partial charge in [0.15, 0.2) is 0 Å². The molecule has 2 fully saturated rings. The van der Waals surface area contributed by atoms with Crippen LogP contribution in [0.4, 0.5) is 5.69 Å². The summed E-state index contributed by atoms with van der Waals surface area (Å²) in [4.78, 5) is 14.7. The molecule has 1 aromatic carbocycles. The lowest BCUT2D eigenvalue weighted by molar-refractivity contribution is 0.0951. The van der Waals surface area contributed by atoms with E-state index in [9.17, 15) is 13.2 Å². The third-order valence-electron chi connectivity index (χ3n) is 4.64. The Morgan fingerprint density at radius 3 is 2.65 bits per heavy atom. The molecule has 2 saturated heterocycles. The van der Waals surface area contributed by atoms with Crippen molar-refractivity contribution >= 4 is 34.0 Å². The van der Waals surface area contributed by atoms with Gasteiger partial charge >= 0.3 is 0 Å². The lowest BCUT2D eigenvalue weighted by Crippen LogP contribution is -2.44. The topological polar surface area (TPSA) is 81.8 Å². The van der Waals surface area contributed by atoms with Gasteiger partial charge in [0.2, 0.25) is 10.0 Å². The molecule has 0 aromatic heterocycles. The number of nitrogens with one attached hydrogen (secondary N) is 2. The van der Waals surface area contributed by atoms with E-state index in [1.807, 2.05) is 0 Å². The Kier molecular flexibility index (Phi) is 7.69. The monoisotopic (exact) mass is 402 g/mol. The molecule has 2 N–H and O–H groups in total. The van der Waals surface area contributed by atoms with E-state index in [0.717, 1.165) is 39.1 Å². The Labute approximate surface area is 161 Å². The predicted molar refractivity (Wildman–Crippen MR) is 106 cm³/mol. The predicted octanol–water partition coefficient (Wildman–Crippen LogP) is 0.673. The third kappa shape index (κ3) is 5.33. The van der Waals surface area contributed by atoms with E-state index in [2.05, 4.69) is 15.5 Å². The number of nitrogens with zero attached hydrogens (tertiary/aromatic N) is 2. The normalized spacial score (nSPS) is 19.8. The number of sulfonamides is 1. The summed E-state index contributed by atoms with van der Waals surface area (Å²) in [6, 6.07) is 6.86. The van der Waals surface area contributed by atoms with Crippen LogP contribution < -0.4 is 14.9 Å². The van der Waals surface area contributed by atoms with Gasteiger partial charge in [-0.1, -0.05) is 6.07 Å². The molecule has 7 nitrogen and oxygen atoms in total. The minimum absolute atomic E-state index is 0. The summed E-state index contributed by atoms with van der Waals surface area (Å²) in [7, 11) is -3.22. The number of halogens is 1. The van der Waals surface area contributed by atoms with Crippen molar-refractivity contribution in [1.29, 1.82) is 0 Å². The molecule has 2 aliphatic heterocycles. The van der Waals surface area contributed by atoms with E-state index < -0.39 is 10.0 Å². The zero-order valence-electron chi connectivity index (χ0n) is 14.8. The first-order chi connectivity index (χ1) is 12.1. The molecular weight excluding hydrogens is 376 g/mol. The second kappa shape index (κ2) is 9.55. The summed E-state index contributed by atoms with van der Waals surface area (Å²) < 4.78 is 25.4. The third-order valence-corrected chi connectivity index (χ3v) is 6.51. The number of hydrogen-bond donors (Lipinski definition) is 2. The second-order valence-electron chi connectivity index (χ2n) is 6.49. The van der Waals surface area contributed by atoms with Gasteiger partial charge in [-0.15, -0.1) is 12.4 Å². The molecule has 3 rings (SSSR count). The van der Waals surface area contributed by atoms with Crippen LogP contribution in [0, 0.1) is 0 Å². The van der Waals surface area contributed by atoms with Crippen LogP contribution in [0.3, 0.4) is 0 Å². The Balaban J connectivity index is 0.00000243. The summed E-state index contributed by atoms with van der Waals surface area (Å²) in [5.41, 5.74) is 1.08. The molecule has 0 unspecified atom stereocenters. The van der Waals surface area contributed by atoms with Gasteiger partial charge in [-0.2, -0.15) is 0 Å². The summed E-state index contributed by atoms with van der Waals surface area (Å²) in [5, 5.41) is 6.25. The fraction of sp³-hybridized carbons (Fsp3) is 0.588. The number of carbonyl (C=O) groups excluding carboxylic acids is 1. The highest BCUT2D eigenvalue weighted by atomic mass is 35.5. The summed E-state index contributed by atoms with van der Waals surface area (Å²) >= 11 is 0. The molecule has 1 aromatic rings. The van der Waals surface area contributed by atoms with Crippen molar-refractivity contribution in [2.45, 2.75) is 12.8 Å². The number of carbonyl (C=O) groups is 1. The van der Waals surface area contributed by atoms with Gasteiger partial charge in [-0.3, -0.25) is 9.10 Å². The summed E-state index contributed by atoms with van der Waals surface area (Å²) in [6.45, 7) is 6.25. The van der Waals surface area contributed by atoms with Gasteiger partial charge < -0.3 is 15.5 Å². The Bertz CT molecular complexity index is 708. The van der Waals surface area contributed by atoms with Crippen LogP contribution in [0.15, 0.2) is 24.3 Å². The van der Waals surface area contributed by atoms with E-state index in [1.54, 1.807) is 24.3 Å². The lowest BCUT2D eigenvalue weighted by atomic mass is 10.2. The second-order valence-corrected chi connectivity index (χ2v) is 8.51. The van der Waals surface area contributed by atoms with Crippen molar-refractivity contribution in [2.75, 3.05) is 55.9 Å². The molecule has 146 valence electrons. The highest BCUT2D eigenvalue weighted by Gasteiger charge is 2.28. The van der Waals surface area contributed by atoms with Gasteiger partial charge in [0.05, 0.1) is 11.4 Å². The largest absolute Gasteiger partial charge is 0.352 e. The Hall–Kier alpha value is -1.35. The molecule has 0 aliphatic carbocycles. The van der Waals surface area contributed by atoms with Gasteiger partial charge in [0.25, 0.3) is 5.91 Å². The molecule has 0 saturated carbocycles. The summed E-state index contributed by atoms with van der Waals surface area (Å²) in [5.74, 6) is 0.0221. The number of benzene rings is 1. The van der Waals surface area contributed by atoms with Gasteiger partial charge in [0.1, 0.15) is 0 Å². The zero-order valence-corrected chi connectivity index (χ0v) is 16.4. The quantitative estimate of drug-likeness (QED) is 0.683. The molecule has 2 aliphatic rings. The van der Waals surface area contributed by atoms with Crippen molar-refractivity contribution in [2.24, 2.45) is 0 Å². The minimum Gasteiger partial charge on any atom is -0.352 e. The van der Waals surface area contributed by atoms with E-state index in [1.165, 1.54) is 4.31 Å². The fourth-order valence-corrected chi connectivity index (χ4v) is 4.83. The number of hydrogen-bond acceptors (Lipinski definition) is 5. The van der Waals surface area contributed by atoms with Crippen LogP contribution in [0.25, 0.3) is 0 Å². The van der Waals surface area contributed by atoms with Crippen LogP contribution in [0.1, 0.15) is 23.2 Å². The SMILES string of the molecule is Cl.O=C(NCCCN1CCNCC1)c1cccc(N2CCCS2(=O)=O)c1. The first-order valence-electron chi connectivity index (χ1n) is 8.88. The standard InChI is InChI=1S/C17H26N4O3S.ClH/c22-17(19-6-2-9-20-11-7-18-8-12-20)15-4-1-5-16(14-15)21-10-3-13-25(21,23)24;/h1,4-5,14,18H,2-3,6-13H2,(H,19,22);1H. The Morgan fingerprint density at radius 1 is 1.19 bits per heavy atom. The lowest BCUT2D eigenvalue weighted by Gasteiger charge is -2.27. The minimum atomic E-state index is -3.22. The van der Waals surface area contributed by atoms with E-state index in [0.29, 0.717) is 30.8 Å². The van der Waals surface area contributed by atoms with E-state index in [4.69, 9.17) is 0 Å². The first-order valence-corrected chi connectivity index (χ1v) is 10.5. The average Bonchev–Trinajstić information content (AvgIpc) is 2.99. The smallest absolute Gasteiger partial charge is 0.251 e. The van der Waals surface area contributed by atoms with Crippen molar-refractivity contribution in [3.8, 4) is 0 Å². The zero-order chi connectivity index (χ0) is 17.7. The number of anilines is 1. The molecule has 26 heavy (non-hydrogen) atoms. The van der Waals surface area contributed by atoms with Crippen LogP contribution in [-0.4, -0.2) is 70.8 Å². The van der Waals surface area contributed by atoms with Crippen molar-refractivity contribution in [1.82, 2.24) is 15.5 Å².